The molecule has 2 aromatic rings. The monoisotopic (exact) mass is 363 g/mol. The molecule has 2 atom stereocenters. The third-order valence-corrected chi connectivity index (χ3v) is 5.19. The lowest BCUT2D eigenvalue weighted by atomic mass is 10.1. The Hall–Kier alpha value is -2.38. The summed E-state index contributed by atoms with van der Waals surface area (Å²) in [5.41, 5.74) is 0.226. The molecule has 0 radical (unpaired) electrons. The summed E-state index contributed by atoms with van der Waals surface area (Å²) in [6.07, 6.45) is -2.39. The molecule has 2 aliphatic heterocycles. The van der Waals surface area contributed by atoms with Crippen molar-refractivity contribution in [1.29, 1.82) is 0 Å². The SMILES string of the molecule is Cc1cc(N2CCC3CN(c4ccc(C(F)(F)F)cn4)CC32)nc(C)n1. The van der Waals surface area contributed by atoms with E-state index < -0.39 is 11.7 Å². The summed E-state index contributed by atoms with van der Waals surface area (Å²) in [4.78, 5) is 17.3. The molecular weight excluding hydrogens is 343 g/mol. The molecule has 138 valence electrons. The van der Waals surface area contributed by atoms with E-state index >= 15 is 0 Å². The lowest BCUT2D eigenvalue weighted by molar-refractivity contribution is -0.137. The van der Waals surface area contributed by atoms with Crippen LogP contribution in [0, 0.1) is 19.8 Å². The molecule has 5 nitrogen and oxygen atoms in total. The first kappa shape index (κ1) is 17.1. The molecule has 26 heavy (non-hydrogen) atoms. The van der Waals surface area contributed by atoms with Crippen molar-refractivity contribution in [2.24, 2.45) is 5.92 Å². The van der Waals surface area contributed by atoms with Crippen LogP contribution in [-0.4, -0.2) is 40.6 Å². The number of hydrogen-bond donors (Lipinski definition) is 0. The number of fused-ring (bicyclic) bond motifs is 1. The fourth-order valence-electron chi connectivity index (χ4n) is 4.02. The van der Waals surface area contributed by atoms with Crippen LogP contribution < -0.4 is 9.80 Å². The molecule has 0 N–H and O–H groups in total. The van der Waals surface area contributed by atoms with Gasteiger partial charge in [-0.1, -0.05) is 0 Å². The van der Waals surface area contributed by atoms with Gasteiger partial charge in [-0.25, -0.2) is 15.0 Å². The Morgan fingerprint density at radius 2 is 1.88 bits per heavy atom. The van der Waals surface area contributed by atoms with Crippen LogP contribution in [0.15, 0.2) is 24.4 Å². The zero-order valence-electron chi connectivity index (χ0n) is 14.7. The number of hydrogen-bond acceptors (Lipinski definition) is 5. The first-order valence-electron chi connectivity index (χ1n) is 8.68. The number of pyridine rings is 1. The highest BCUT2D eigenvalue weighted by molar-refractivity contribution is 5.48. The Morgan fingerprint density at radius 1 is 1.08 bits per heavy atom. The highest BCUT2D eigenvalue weighted by Gasteiger charge is 2.42. The molecule has 2 aliphatic rings. The topological polar surface area (TPSA) is 45.2 Å². The molecule has 4 heterocycles. The summed E-state index contributed by atoms with van der Waals surface area (Å²) in [5, 5.41) is 0. The van der Waals surface area contributed by atoms with Crippen molar-refractivity contribution in [2.75, 3.05) is 29.4 Å². The smallest absolute Gasteiger partial charge is 0.354 e. The van der Waals surface area contributed by atoms with Crippen molar-refractivity contribution in [3.8, 4) is 0 Å². The van der Waals surface area contributed by atoms with Crippen LogP contribution in [0.5, 0.6) is 0 Å². The highest BCUT2D eigenvalue weighted by Crippen LogP contribution is 2.36. The van der Waals surface area contributed by atoms with Gasteiger partial charge in [0.15, 0.2) is 0 Å². The Balaban J connectivity index is 1.52. The summed E-state index contributed by atoms with van der Waals surface area (Å²) >= 11 is 0. The van der Waals surface area contributed by atoms with E-state index in [1.165, 1.54) is 6.07 Å². The summed E-state index contributed by atoms with van der Waals surface area (Å²) in [6, 6.07) is 4.86. The Kier molecular flexibility index (Phi) is 4.00. The van der Waals surface area contributed by atoms with Crippen LogP contribution in [0.2, 0.25) is 0 Å². The van der Waals surface area contributed by atoms with Crippen LogP contribution in [0.4, 0.5) is 24.8 Å². The van der Waals surface area contributed by atoms with E-state index in [1.54, 1.807) is 0 Å². The zero-order valence-corrected chi connectivity index (χ0v) is 14.7. The van der Waals surface area contributed by atoms with Gasteiger partial charge in [-0.05, 0) is 32.4 Å². The molecule has 0 spiro atoms. The van der Waals surface area contributed by atoms with Crippen molar-refractivity contribution >= 4 is 11.6 Å². The molecule has 2 aromatic heterocycles. The van der Waals surface area contributed by atoms with E-state index in [1.807, 2.05) is 19.9 Å². The van der Waals surface area contributed by atoms with Gasteiger partial charge in [0.05, 0.1) is 11.6 Å². The van der Waals surface area contributed by atoms with Gasteiger partial charge < -0.3 is 9.80 Å². The molecule has 2 saturated heterocycles. The third-order valence-electron chi connectivity index (χ3n) is 5.19. The predicted molar refractivity (Wildman–Crippen MR) is 92.2 cm³/mol. The van der Waals surface area contributed by atoms with E-state index in [4.69, 9.17) is 0 Å². The first-order valence-corrected chi connectivity index (χ1v) is 8.68. The maximum atomic E-state index is 12.7. The second kappa shape index (κ2) is 6.10. The largest absolute Gasteiger partial charge is 0.417 e. The average Bonchev–Trinajstić information content (AvgIpc) is 3.13. The molecule has 2 fully saturated rings. The maximum absolute atomic E-state index is 12.7. The minimum Gasteiger partial charge on any atom is -0.354 e. The minimum absolute atomic E-state index is 0.299. The van der Waals surface area contributed by atoms with E-state index in [0.717, 1.165) is 55.7 Å². The second-order valence-corrected chi connectivity index (χ2v) is 7.03. The standard InChI is InChI=1S/C18H20F3N5/c1-11-7-17(24-12(2)23-11)26-6-5-13-9-25(10-15(13)26)16-4-3-14(8-22-16)18(19,20)21/h3-4,7-8,13,15H,5-6,9-10H2,1-2H3. The van der Waals surface area contributed by atoms with E-state index in [2.05, 4.69) is 24.8 Å². The molecule has 0 aliphatic carbocycles. The number of alkyl halides is 3. The molecule has 4 rings (SSSR count). The fourth-order valence-corrected chi connectivity index (χ4v) is 4.02. The van der Waals surface area contributed by atoms with Gasteiger partial charge in [0.2, 0.25) is 0 Å². The van der Waals surface area contributed by atoms with Crippen LogP contribution in [0.3, 0.4) is 0 Å². The molecule has 8 heteroatoms. The van der Waals surface area contributed by atoms with Gasteiger partial charge >= 0.3 is 6.18 Å². The van der Waals surface area contributed by atoms with Gasteiger partial charge in [0, 0.05) is 43.5 Å². The summed E-state index contributed by atoms with van der Waals surface area (Å²) in [7, 11) is 0. The van der Waals surface area contributed by atoms with Crippen molar-refractivity contribution in [3.63, 3.8) is 0 Å². The second-order valence-electron chi connectivity index (χ2n) is 7.03. The molecule has 2 unspecified atom stereocenters. The number of aromatic nitrogens is 3. The van der Waals surface area contributed by atoms with Gasteiger partial charge in [-0.3, -0.25) is 0 Å². The molecule has 0 amide bonds. The molecule has 0 bridgehead atoms. The van der Waals surface area contributed by atoms with E-state index in [9.17, 15) is 13.2 Å². The minimum atomic E-state index is -4.35. The van der Waals surface area contributed by atoms with Crippen molar-refractivity contribution in [3.05, 3.63) is 41.5 Å². The lowest BCUT2D eigenvalue weighted by Crippen LogP contribution is -2.36. The van der Waals surface area contributed by atoms with Crippen LogP contribution >= 0.6 is 0 Å². The molecule has 0 saturated carbocycles. The number of nitrogens with zero attached hydrogens (tertiary/aromatic N) is 5. The highest BCUT2D eigenvalue weighted by atomic mass is 19.4. The van der Waals surface area contributed by atoms with Gasteiger partial charge in [0.25, 0.3) is 0 Å². The first-order chi connectivity index (χ1) is 12.3. The lowest BCUT2D eigenvalue weighted by Gasteiger charge is -2.26. The number of rotatable bonds is 2. The van der Waals surface area contributed by atoms with E-state index in [-0.39, 0.29) is 0 Å². The number of anilines is 2. The summed E-state index contributed by atoms with van der Waals surface area (Å²) < 4.78 is 38.1. The zero-order chi connectivity index (χ0) is 18.5. The average molecular weight is 363 g/mol. The normalized spacial score (nSPS) is 22.8. The van der Waals surface area contributed by atoms with Gasteiger partial charge in [0.1, 0.15) is 17.5 Å². The van der Waals surface area contributed by atoms with Crippen molar-refractivity contribution in [2.45, 2.75) is 32.5 Å². The number of aryl methyl sites for hydroxylation is 2. The molecular formula is C18H20F3N5. The Morgan fingerprint density at radius 3 is 2.54 bits per heavy atom. The van der Waals surface area contributed by atoms with Crippen molar-refractivity contribution in [1.82, 2.24) is 15.0 Å². The Bertz CT molecular complexity index is 785. The van der Waals surface area contributed by atoms with Crippen LogP contribution in [0.25, 0.3) is 0 Å². The predicted octanol–water partition coefficient (Wildman–Crippen LogP) is 3.22. The van der Waals surface area contributed by atoms with Crippen molar-refractivity contribution < 1.29 is 13.2 Å². The number of halogens is 3. The van der Waals surface area contributed by atoms with Crippen LogP contribution in [-0.2, 0) is 6.18 Å². The summed E-state index contributed by atoms with van der Waals surface area (Å²) in [6.45, 7) is 6.34. The Labute approximate surface area is 149 Å². The van der Waals surface area contributed by atoms with Crippen LogP contribution in [0.1, 0.15) is 23.5 Å². The third kappa shape index (κ3) is 3.08. The maximum Gasteiger partial charge on any atom is 0.417 e. The quantitative estimate of drug-likeness (QED) is 0.820. The molecule has 0 aromatic carbocycles. The van der Waals surface area contributed by atoms with Gasteiger partial charge in [-0.15, -0.1) is 0 Å². The van der Waals surface area contributed by atoms with E-state index in [0.29, 0.717) is 17.8 Å². The fraction of sp³-hybridized carbons (Fsp3) is 0.500. The van der Waals surface area contributed by atoms with Gasteiger partial charge in [-0.2, -0.15) is 13.2 Å². The summed E-state index contributed by atoms with van der Waals surface area (Å²) in [5.74, 6) is 2.75.